The van der Waals surface area contributed by atoms with Gasteiger partial charge in [0, 0.05) is 17.9 Å². The summed E-state index contributed by atoms with van der Waals surface area (Å²) >= 11 is 0. The van der Waals surface area contributed by atoms with Crippen molar-refractivity contribution in [3.05, 3.63) is 29.8 Å². The highest BCUT2D eigenvalue weighted by atomic mass is 32.2. The summed E-state index contributed by atoms with van der Waals surface area (Å²) in [6.07, 6.45) is 3.61. The highest BCUT2D eigenvalue weighted by Crippen LogP contribution is 2.25. The molecule has 0 heterocycles. The first-order valence-electron chi connectivity index (χ1n) is 6.42. The minimum atomic E-state index is -3.33. The van der Waals surface area contributed by atoms with Crippen LogP contribution in [0.25, 0.3) is 0 Å². The Hall–Kier alpha value is -1.87. The lowest BCUT2D eigenvalue weighted by atomic mass is 10.1. The fourth-order valence-corrected chi connectivity index (χ4v) is 3.07. The number of benzene rings is 1. The minimum Gasteiger partial charge on any atom is -0.348 e. The van der Waals surface area contributed by atoms with Gasteiger partial charge >= 0.3 is 0 Å². The van der Waals surface area contributed by atoms with E-state index in [0.29, 0.717) is 5.56 Å². The van der Waals surface area contributed by atoms with E-state index in [-0.39, 0.29) is 22.8 Å². The number of hydrogen-bond donors (Lipinski definition) is 1. The Labute approximate surface area is 118 Å². The average Bonchev–Trinajstić information content (AvgIpc) is 2.85. The third kappa shape index (κ3) is 3.17. The van der Waals surface area contributed by atoms with Crippen LogP contribution in [-0.2, 0) is 9.84 Å². The molecule has 1 aliphatic carbocycles. The topological polar surface area (TPSA) is 87.0 Å². The highest BCUT2D eigenvalue weighted by molar-refractivity contribution is 7.90. The van der Waals surface area contributed by atoms with Gasteiger partial charge in [-0.3, -0.25) is 4.79 Å². The first-order valence-corrected chi connectivity index (χ1v) is 8.31. The molecule has 2 atom stereocenters. The van der Waals surface area contributed by atoms with Crippen LogP contribution in [0.1, 0.15) is 29.6 Å². The van der Waals surface area contributed by atoms with Gasteiger partial charge in [-0.1, -0.05) is 6.07 Å². The van der Waals surface area contributed by atoms with Crippen LogP contribution in [-0.4, -0.2) is 26.6 Å². The van der Waals surface area contributed by atoms with Crippen LogP contribution in [0.15, 0.2) is 29.2 Å². The Bertz CT molecular complexity index is 661. The van der Waals surface area contributed by atoms with Crippen LogP contribution < -0.4 is 5.32 Å². The van der Waals surface area contributed by atoms with E-state index >= 15 is 0 Å². The molecule has 0 radical (unpaired) electrons. The minimum absolute atomic E-state index is 0.119. The van der Waals surface area contributed by atoms with Crippen molar-refractivity contribution < 1.29 is 13.2 Å². The second kappa shape index (κ2) is 5.63. The molecular weight excluding hydrogens is 276 g/mol. The van der Waals surface area contributed by atoms with Crippen molar-refractivity contribution in [1.82, 2.24) is 5.32 Å². The summed E-state index contributed by atoms with van der Waals surface area (Å²) in [4.78, 5) is 12.2. The molecule has 5 nitrogen and oxygen atoms in total. The van der Waals surface area contributed by atoms with Gasteiger partial charge < -0.3 is 5.32 Å². The van der Waals surface area contributed by atoms with Crippen molar-refractivity contribution >= 4 is 15.7 Å². The molecule has 1 aromatic rings. The number of hydrogen-bond acceptors (Lipinski definition) is 4. The summed E-state index contributed by atoms with van der Waals surface area (Å²) in [5.74, 6) is -0.486. The molecule has 1 fully saturated rings. The molecule has 6 heteroatoms. The predicted molar refractivity (Wildman–Crippen MR) is 73.8 cm³/mol. The zero-order valence-electron chi connectivity index (χ0n) is 11.2. The lowest BCUT2D eigenvalue weighted by Crippen LogP contribution is -2.36. The maximum absolute atomic E-state index is 12.1. The van der Waals surface area contributed by atoms with E-state index in [1.165, 1.54) is 12.1 Å². The molecule has 2 rings (SSSR count). The lowest BCUT2D eigenvalue weighted by molar-refractivity contribution is 0.0932. The number of nitriles is 1. The van der Waals surface area contributed by atoms with E-state index in [1.807, 2.05) is 0 Å². The molecule has 1 N–H and O–H groups in total. The van der Waals surface area contributed by atoms with Crippen molar-refractivity contribution in [2.75, 3.05) is 6.26 Å². The molecule has 1 saturated carbocycles. The summed E-state index contributed by atoms with van der Waals surface area (Å²) in [6.45, 7) is 0. The Morgan fingerprint density at radius 1 is 1.40 bits per heavy atom. The molecule has 0 saturated heterocycles. The van der Waals surface area contributed by atoms with Crippen LogP contribution in [0, 0.1) is 17.2 Å². The maximum atomic E-state index is 12.1. The van der Waals surface area contributed by atoms with Crippen molar-refractivity contribution in [1.29, 1.82) is 5.26 Å². The summed E-state index contributed by atoms with van der Waals surface area (Å²) in [6, 6.07) is 7.99. The van der Waals surface area contributed by atoms with Gasteiger partial charge in [-0.15, -0.1) is 0 Å². The first kappa shape index (κ1) is 14.5. The second-order valence-corrected chi connectivity index (χ2v) is 7.06. The van der Waals surface area contributed by atoms with Crippen molar-refractivity contribution in [3.63, 3.8) is 0 Å². The van der Waals surface area contributed by atoms with Gasteiger partial charge in [0.05, 0.1) is 16.9 Å². The third-order valence-electron chi connectivity index (χ3n) is 3.52. The molecule has 1 aliphatic rings. The molecule has 0 spiro atoms. The van der Waals surface area contributed by atoms with Crippen LogP contribution >= 0.6 is 0 Å². The molecule has 20 heavy (non-hydrogen) atoms. The Morgan fingerprint density at radius 3 is 2.80 bits per heavy atom. The molecule has 2 unspecified atom stereocenters. The first-order chi connectivity index (χ1) is 9.41. The summed E-state index contributed by atoms with van der Waals surface area (Å²) < 4.78 is 23.0. The molecular formula is C14H16N2O3S. The zero-order chi connectivity index (χ0) is 14.8. The van der Waals surface area contributed by atoms with Crippen LogP contribution in [0.3, 0.4) is 0 Å². The summed E-state index contributed by atoms with van der Waals surface area (Å²) in [5.41, 5.74) is 0.302. The molecule has 1 amide bonds. The smallest absolute Gasteiger partial charge is 0.251 e. The van der Waals surface area contributed by atoms with E-state index in [0.717, 1.165) is 25.5 Å². The molecule has 0 aromatic heterocycles. The van der Waals surface area contributed by atoms with Crippen LogP contribution in [0.5, 0.6) is 0 Å². The van der Waals surface area contributed by atoms with Gasteiger partial charge in [0.2, 0.25) is 0 Å². The van der Waals surface area contributed by atoms with Gasteiger partial charge in [-0.05, 0) is 37.5 Å². The normalized spacial score (nSPS) is 22.2. The summed E-state index contributed by atoms with van der Waals surface area (Å²) in [7, 11) is -3.33. The Morgan fingerprint density at radius 2 is 2.15 bits per heavy atom. The van der Waals surface area contributed by atoms with E-state index < -0.39 is 9.84 Å². The predicted octanol–water partition coefficient (Wildman–Crippen LogP) is 1.51. The molecule has 106 valence electrons. The second-order valence-electron chi connectivity index (χ2n) is 5.05. The number of nitrogens with zero attached hydrogens (tertiary/aromatic N) is 1. The fourth-order valence-electron chi connectivity index (χ4n) is 2.41. The number of carbonyl (C=O) groups excluding carboxylic acids is 1. The fraction of sp³-hybridized carbons (Fsp3) is 0.429. The monoisotopic (exact) mass is 292 g/mol. The van der Waals surface area contributed by atoms with E-state index in [9.17, 15) is 13.2 Å². The zero-order valence-corrected chi connectivity index (χ0v) is 12.0. The standard InChI is InChI=1S/C14H16N2O3S/c1-20(18,19)12-6-2-4-10(8-12)14(17)16-13-7-3-5-11(13)9-15/h2,4,6,8,11,13H,3,5,7H2,1H3,(H,16,17). The highest BCUT2D eigenvalue weighted by Gasteiger charge is 2.28. The number of carbonyl (C=O) groups is 1. The molecule has 0 bridgehead atoms. The van der Waals surface area contributed by atoms with Crippen LogP contribution in [0.4, 0.5) is 0 Å². The number of amides is 1. The largest absolute Gasteiger partial charge is 0.348 e. The van der Waals surface area contributed by atoms with Gasteiger partial charge in [0.1, 0.15) is 0 Å². The third-order valence-corrected chi connectivity index (χ3v) is 4.63. The van der Waals surface area contributed by atoms with Crippen LogP contribution in [0.2, 0.25) is 0 Å². The van der Waals surface area contributed by atoms with Gasteiger partial charge in [0.15, 0.2) is 9.84 Å². The van der Waals surface area contributed by atoms with Gasteiger partial charge in [-0.25, -0.2) is 8.42 Å². The van der Waals surface area contributed by atoms with E-state index in [4.69, 9.17) is 5.26 Å². The maximum Gasteiger partial charge on any atom is 0.251 e. The Balaban J connectivity index is 2.16. The average molecular weight is 292 g/mol. The van der Waals surface area contributed by atoms with Crippen molar-refractivity contribution in [2.45, 2.75) is 30.2 Å². The quantitative estimate of drug-likeness (QED) is 0.914. The number of rotatable bonds is 3. The van der Waals surface area contributed by atoms with E-state index in [2.05, 4.69) is 11.4 Å². The lowest BCUT2D eigenvalue weighted by Gasteiger charge is -2.15. The van der Waals surface area contributed by atoms with Crippen molar-refractivity contribution in [3.8, 4) is 6.07 Å². The SMILES string of the molecule is CS(=O)(=O)c1cccc(C(=O)NC2CCCC2C#N)c1. The van der Waals surface area contributed by atoms with E-state index in [1.54, 1.807) is 12.1 Å². The van der Waals surface area contributed by atoms with Crippen molar-refractivity contribution in [2.24, 2.45) is 5.92 Å². The Kier molecular flexibility index (Phi) is 4.09. The van der Waals surface area contributed by atoms with Gasteiger partial charge in [-0.2, -0.15) is 5.26 Å². The molecule has 1 aromatic carbocycles. The summed E-state index contributed by atoms with van der Waals surface area (Å²) in [5, 5.41) is 11.8. The number of nitrogens with one attached hydrogen (secondary N) is 1. The molecule has 0 aliphatic heterocycles. The van der Waals surface area contributed by atoms with Gasteiger partial charge in [0.25, 0.3) is 5.91 Å². The number of sulfone groups is 1.